The Balaban J connectivity index is 2.50. The third kappa shape index (κ3) is 1.89. The van der Waals surface area contributed by atoms with E-state index in [2.05, 4.69) is 19.9 Å². The van der Waals surface area contributed by atoms with Crippen molar-refractivity contribution in [3.05, 3.63) is 23.8 Å². The second kappa shape index (κ2) is 3.91. The first-order chi connectivity index (χ1) is 7.94. The third-order valence-electron chi connectivity index (χ3n) is 3.91. The molecular formula is C14H21NO2. The fourth-order valence-electron chi connectivity index (χ4n) is 2.57. The highest BCUT2D eigenvalue weighted by atomic mass is 16.5. The van der Waals surface area contributed by atoms with Crippen molar-refractivity contribution < 1.29 is 9.47 Å². The Morgan fingerprint density at radius 1 is 1.18 bits per heavy atom. The first kappa shape index (κ1) is 12.2. The normalized spacial score (nSPS) is 17.7. The van der Waals surface area contributed by atoms with Crippen molar-refractivity contribution in [2.45, 2.75) is 37.6 Å². The van der Waals surface area contributed by atoms with Crippen LogP contribution in [0.2, 0.25) is 0 Å². The number of rotatable bonds is 4. The van der Waals surface area contributed by atoms with E-state index in [0.29, 0.717) is 0 Å². The highest BCUT2D eigenvalue weighted by molar-refractivity contribution is 5.50. The first-order valence-corrected chi connectivity index (χ1v) is 5.96. The molecule has 0 amide bonds. The predicted molar refractivity (Wildman–Crippen MR) is 68.7 cm³/mol. The van der Waals surface area contributed by atoms with Gasteiger partial charge in [-0.05, 0) is 44.9 Å². The molecule has 0 spiro atoms. The smallest absolute Gasteiger partial charge is 0.122 e. The highest BCUT2D eigenvalue weighted by Crippen LogP contribution is 2.57. The van der Waals surface area contributed by atoms with Crippen LogP contribution in [0.5, 0.6) is 11.5 Å². The van der Waals surface area contributed by atoms with E-state index in [0.717, 1.165) is 24.3 Å². The zero-order valence-electron chi connectivity index (χ0n) is 11.0. The minimum Gasteiger partial charge on any atom is -0.497 e. The summed E-state index contributed by atoms with van der Waals surface area (Å²) in [4.78, 5) is 0. The summed E-state index contributed by atoms with van der Waals surface area (Å²) in [7, 11) is 3.38. The van der Waals surface area contributed by atoms with E-state index in [1.54, 1.807) is 14.2 Å². The van der Waals surface area contributed by atoms with E-state index in [1.165, 1.54) is 5.56 Å². The van der Waals surface area contributed by atoms with Crippen LogP contribution < -0.4 is 15.2 Å². The molecule has 0 aliphatic heterocycles. The molecule has 1 fully saturated rings. The summed E-state index contributed by atoms with van der Waals surface area (Å²) in [6.07, 6.45) is 2.22. The Hall–Kier alpha value is -1.22. The summed E-state index contributed by atoms with van der Waals surface area (Å²) in [6.45, 7) is 4.16. The van der Waals surface area contributed by atoms with E-state index in [9.17, 15) is 0 Å². The van der Waals surface area contributed by atoms with Crippen LogP contribution in [-0.4, -0.2) is 19.8 Å². The van der Waals surface area contributed by atoms with Crippen LogP contribution in [-0.2, 0) is 5.41 Å². The molecule has 2 N–H and O–H groups in total. The molecule has 0 aromatic heterocycles. The molecule has 17 heavy (non-hydrogen) atoms. The van der Waals surface area contributed by atoms with E-state index < -0.39 is 0 Å². The van der Waals surface area contributed by atoms with Gasteiger partial charge in [-0.1, -0.05) is 0 Å². The fourth-order valence-corrected chi connectivity index (χ4v) is 2.57. The molecule has 1 aromatic carbocycles. The van der Waals surface area contributed by atoms with Crippen molar-refractivity contribution in [2.24, 2.45) is 5.73 Å². The van der Waals surface area contributed by atoms with Gasteiger partial charge < -0.3 is 15.2 Å². The lowest BCUT2D eigenvalue weighted by atomic mass is 9.79. The number of methoxy groups -OCH3 is 2. The topological polar surface area (TPSA) is 44.5 Å². The number of benzene rings is 1. The molecule has 1 aliphatic carbocycles. The van der Waals surface area contributed by atoms with Crippen LogP contribution in [0.1, 0.15) is 32.3 Å². The summed E-state index contributed by atoms with van der Waals surface area (Å²) >= 11 is 0. The summed E-state index contributed by atoms with van der Waals surface area (Å²) < 4.78 is 10.7. The number of hydrogen-bond donors (Lipinski definition) is 1. The van der Waals surface area contributed by atoms with Crippen LogP contribution in [0.3, 0.4) is 0 Å². The van der Waals surface area contributed by atoms with Crippen LogP contribution in [0, 0.1) is 0 Å². The van der Waals surface area contributed by atoms with Crippen LogP contribution >= 0.6 is 0 Å². The van der Waals surface area contributed by atoms with Gasteiger partial charge in [0.2, 0.25) is 0 Å². The average Bonchev–Trinajstić information content (AvgIpc) is 3.08. The van der Waals surface area contributed by atoms with Crippen molar-refractivity contribution in [3.63, 3.8) is 0 Å². The van der Waals surface area contributed by atoms with Crippen molar-refractivity contribution in [1.82, 2.24) is 0 Å². The SMILES string of the molecule is COc1ccc(OC)c(C2(C(C)(C)N)CC2)c1. The Morgan fingerprint density at radius 2 is 1.82 bits per heavy atom. The minimum absolute atomic E-state index is 0.0346. The number of hydrogen-bond acceptors (Lipinski definition) is 3. The monoisotopic (exact) mass is 235 g/mol. The summed E-state index contributed by atoms with van der Waals surface area (Å²) in [5.74, 6) is 1.76. The van der Waals surface area contributed by atoms with Crippen LogP contribution in [0.15, 0.2) is 18.2 Å². The number of ether oxygens (including phenoxy) is 2. The number of nitrogens with two attached hydrogens (primary N) is 1. The van der Waals surface area contributed by atoms with Gasteiger partial charge in [0.15, 0.2) is 0 Å². The zero-order valence-corrected chi connectivity index (χ0v) is 11.0. The van der Waals surface area contributed by atoms with Gasteiger partial charge in [0.05, 0.1) is 14.2 Å². The summed E-state index contributed by atoms with van der Waals surface area (Å²) in [5, 5.41) is 0. The molecule has 0 radical (unpaired) electrons. The van der Waals surface area contributed by atoms with Gasteiger partial charge in [0.25, 0.3) is 0 Å². The molecule has 3 nitrogen and oxygen atoms in total. The largest absolute Gasteiger partial charge is 0.497 e. The Morgan fingerprint density at radius 3 is 2.24 bits per heavy atom. The standard InChI is InChI=1S/C14H21NO2/c1-13(2,15)14(7-8-14)11-9-10(16-3)5-6-12(11)17-4/h5-6,9H,7-8,15H2,1-4H3. The van der Waals surface area contributed by atoms with Crippen molar-refractivity contribution >= 4 is 0 Å². The third-order valence-corrected chi connectivity index (χ3v) is 3.91. The van der Waals surface area contributed by atoms with Gasteiger partial charge in [0, 0.05) is 16.5 Å². The zero-order chi connectivity index (χ0) is 12.7. The average molecular weight is 235 g/mol. The molecule has 0 heterocycles. The van der Waals surface area contributed by atoms with Gasteiger partial charge >= 0.3 is 0 Å². The van der Waals surface area contributed by atoms with Gasteiger partial charge in [-0.3, -0.25) is 0 Å². The lowest BCUT2D eigenvalue weighted by Crippen LogP contribution is -2.45. The highest BCUT2D eigenvalue weighted by Gasteiger charge is 2.55. The van der Waals surface area contributed by atoms with Crippen LogP contribution in [0.4, 0.5) is 0 Å². The molecule has 94 valence electrons. The maximum Gasteiger partial charge on any atom is 0.122 e. The summed E-state index contributed by atoms with van der Waals surface area (Å²) in [6, 6.07) is 5.93. The van der Waals surface area contributed by atoms with Gasteiger partial charge in [-0.25, -0.2) is 0 Å². The first-order valence-electron chi connectivity index (χ1n) is 5.96. The lowest BCUT2D eigenvalue weighted by molar-refractivity contribution is 0.355. The van der Waals surface area contributed by atoms with Crippen molar-refractivity contribution in [2.75, 3.05) is 14.2 Å². The van der Waals surface area contributed by atoms with E-state index in [1.807, 2.05) is 12.1 Å². The van der Waals surface area contributed by atoms with E-state index >= 15 is 0 Å². The maximum absolute atomic E-state index is 6.33. The summed E-state index contributed by atoms with van der Waals surface area (Å²) in [5.41, 5.74) is 7.29. The van der Waals surface area contributed by atoms with Gasteiger partial charge in [-0.15, -0.1) is 0 Å². The molecule has 0 bridgehead atoms. The van der Waals surface area contributed by atoms with Gasteiger partial charge in [0.1, 0.15) is 11.5 Å². The second-order valence-corrected chi connectivity index (χ2v) is 5.37. The molecule has 0 atom stereocenters. The van der Waals surface area contributed by atoms with E-state index in [-0.39, 0.29) is 11.0 Å². The maximum atomic E-state index is 6.33. The molecule has 3 heteroatoms. The molecule has 1 aliphatic rings. The Bertz CT molecular complexity index is 417. The van der Waals surface area contributed by atoms with Crippen LogP contribution in [0.25, 0.3) is 0 Å². The minimum atomic E-state index is -0.243. The fraction of sp³-hybridized carbons (Fsp3) is 0.571. The Labute approximate surface area is 103 Å². The van der Waals surface area contributed by atoms with Crippen molar-refractivity contribution in [1.29, 1.82) is 0 Å². The predicted octanol–water partition coefficient (Wildman–Crippen LogP) is 2.47. The molecule has 1 aromatic rings. The quantitative estimate of drug-likeness (QED) is 0.872. The molecule has 2 rings (SSSR count). The lowest BCUT2D eigenvalue weighted by Gasteiger charge is -2.32. The molecule has 0 saturated heterocycles. The van der Waals surface area contributed by atoms with E-state index in [4.69, 9.17) is 15.2 Å². The molecular weight excluding hydrogens is 214 g/mol. The Kier molecular flexibility index (Phi) is 2.82. The second-order valence-electron chi connectivity index (χ2n) is 5.37. The molecule has 0 unspecified atom stereocenters. The molecule has 1 saturated carbocycles. The van der Waals surface area contributed by atoms with Gasteiger partial charge in [-0.2, -0.15) is 0 Å². The van der Waals surface area contributed by atoms with Crippen molar-refractivity contribution in [3.8, 4) is 11.5 Å².